The van der Waals surface area contributed by atoms with E-state index in [1.165, 1.54) is 0 Å². The van der Waals surface area contributed by atoms with Crippen molar-refractivity contribution in [1.29, 1.82) is 0 Å². The third-order valence-corrected chi connectivity index (χ3v) is 9.34. The summed E-state index contributed by atoms with van der Waals surface area (Å²) in [4.78, 5) is 11.5. The van der Waals surface area contributed by atoms with Gasteiger partial charge in [-0.25, -0.2) is 0 Å². The maximum Gasteiger partial charge on any atom is 0.460 e. The topological polar surface area (TPSA) is 87.0 Å². The van der Waals surface area contributed by atoms with E-state index in [-0.39, 0.29) is 29.3 Å². The molecule has 3 N–H and O–H groups in total. The van der Waals surface area contributed by atoms with Crippen molar-refractivity contribution in [2.75, 3.05) is 6.61 Å². The SMILES string of the molecule is CC1(c2ccc(O)cc2)COc2cc(O)ccc2C1CCCCCCCCCC(CCCC(F)(F)C(F)(F)C(F)(F)C(F)(F)F)C(=O)O. The van der Waals surface area contributed by atoms with E-state index in [1.54, 1.807) is 24.3 Å². The molecule has 5 nitrogen and oxygen atoms in total. The molecule has 1 heterocycles. The second kappa shape index (κ2) is 15.5. The Hall–Kier alpha value is -3.32. The summed E-state index contributed by atoms with van der Waals surface area (Å²) in [6, 6.07) is 12.1. The van der Waals surface area contributed by atoms with E-state index in [1.807, 2.05) is 18.2 Å². The van der Waals surface area contributed by atoms with Crippen LogP contribution in [0.15, 0.2) is 42.5 Å². The van der Waals surface area contributed by atoms with Crippen LogP contribution >= 0.6 is 0 Å². The molecule has 0 fully saturated rings. The number of aromatic hydroxyl groups is 2. The molecular weight excluding hydrogens is 659 g/mol. The van der Waals surface area contributed by atoms with Crippen molar-refractivity contribution < 1.29 is 64.4 Å². The summed E-state index contributed by atoms with van der Waals surface area (Å²) in [5, 5.41) is 29.1. The van der Waals surface area contributed by atoms with Crippen LogP contribution in [-0.4, -0.2) is 51.8 Å². The average Bonchev–Trinajstić information content (AvgIpc) is 2.99. The van der Waals surface area contributed by atoms with Crippen LogP contribution in [0, 0.1) is 5.92 Å². The second-order valence-electron chi connectivity index (χ2n) is 12.9. The lowest BCUT2D eigenvalue weighted by Crippen LogP contribution is -2.60. The van der Waals surface area contributed by atoms with Gasteiger partial charge in [0.05, 0.1) is 12.5 Å². The average molecular weight is 701 g/mol. The standard InChI is InChI=1S/C34H41F9O5/c1-30(23-13-15-24(44)16-14-23)21-48-28-20-25(45)17-18-26(28)27(30)12-8-6-4-2-3-5-7-10-22(29(46)47)11-9-19-31(35,36)32(37,38)33(39,40)34(41,42)43/h13-18,20,22,27,44-45H,2-12,19,21H2,1H3,(H,46,47). The van der Waals surface area contributed by atoms with E-state index in [0.717, 1.165) is 49.7 Å². The first kappa shape index (κ1) is 39.1. The van der Waals surface area contributed by atoms with Crippen molar-refractivity contribution in [3.63, 3.8) is 0 Å². The molecule has 0 spiro atoms. The van der Waals surface area contributed by atoms with E-state index >= 15 is 0 Å². The zero-order chi connectivity index (χ0) is 36.0. The molecule has 0 amide bonds. The Morgan fingerprint density at radius 3 is 1.92 bits per heavy atom. The van der Waals surface area contributed by atoms with E-state index in [0.29, 0.717) is 25.2 Å². The molecule has 0 bridgehead atoms. The molecule has 2 aromatic carbocycles. The second-order valence-corrected chi connectivity index (χ2v) is 12.9. The Bertz CT molecular complexity index is 1350. The van der Waals surface area contributed by atoms with Crippen LogP contribution < -0.4 is 4.74 Å². The molecule has 14 heteroatoms. The van der Waals surface area contributed by atoms with Gasteiger partial charge in [0.2, 0.25) is 0 Å². The van der Waals surface area contributed by atoms with Crippen molar-refractivity contribution in [3.05, 3.63) is 53.6 Å². The van der Waals surface area contributed by atoms with Crippen LogP contribution in [-0.2, 0) is 10.2 Å². The van der Waals surface area contributed by atoms with Crippen molar-refractivity contribution >= 4 is 5.97 Å². The van der Waals surface area contributed by atoms with Crippen LogP contribution in [0.3, 0.4) is 0 Å². The van der Waals surface area contributed by atoms with E-state index in [9.17, 15) is 59.6 Å². The number of hydrogen-bond acceptors (Lipinski definition) is 4. The number of fused-ring (bicyclic) bond motifs is 1. The molecule has 48 heavy (non-hydrogen) atoms. The van der Waals surface area contributed by atoms with Crippen LogP contribution in [0.25, 0.3) is 0 Å². The summed E-state index contributed by atoms with van der Waals surface area (Å²) in [7, 11) is 0. The highest BCUT2D eigenvalue weighted by atomic mass is 19.4. The first-order chi connectivity index (χ1) is 22.2. The molecule has 2 aromatic rings. The minimum Gasteiger partial charge on any atom is -0.508 e. The Kier molecular flexibility index (Phi) is 12.6. The van der Waals surface area contributed by atoms with Crippen LogP contribution in [0.2, 0.25) is 0 Å². The molecule has 0 radical (unpaired) electrons. The number of aliphatic carboxylic acids is 1. The van der Waals surface area contributed by atoms with Crippen LogP contribution in [0.5, 0.6) is 17.2 Å². The molecule has 0 saturated carbocycles. The highest BCUT2D eigenvalue weighted by molar-refractivity contribution is 5.69. The zero-order valence-corrected chi connectivity index (χ0v) is 26.4. The number of phenolic OH excluding ortho intramolecular Hbond substituents is 2. The van der Waals surface area contributed by atoms with E-state index in [2.05, 4.69) is 6.92 Å². The number of ether oxygens (including phenoxy) is 1. The summed E-state index contributed by atoms with van der Waals surface area (Å²) in [5.41, 5.74) is 1.61. The largest absolute Gasteiger partial charge is 0.508 e. The van der Waals surface area contributed by atoms with Gasteiger partial charge in [0.1, 0.15) is 17.2 Å². The predicted octanol–water partition coefficient (Wildman–Crippen LogP) is 10.4. The quantitative estimate of drug-likeness (QED) is 0.106. The Labute approximate surface area is 273 Å². The maximum absolute atomic E-state index is 13.8. The minimum atomic E-state index is -6.95. The monoisotopic (exact) mass is 700 g/mol. The fourth-order valence-corrected chi connectivity index (χ4v) is 6.36. The number of rotatable bonds is 18. The number of carbonyl (C=O) groups is 1. The minimum absolute atomic E-state index is 0.0184. The first-order valence-corrected chi connectivity index (χ1v) is 15.9. The van der Waals surface area contributed by atoms with E-state index in [4.69, 9.17) is 4.74 Å². The normalized spacial score (nSPS) is 19.4. The third kappa shape index (κ3) is 8.82. The summed E-state index contributed by atoms with van der Waals surface area (Å²) >= 11 is 0. The van der Waals surface area contributed by atoms with Gasteiger partial charge in [0, 0.05) is 23.8 Å². The summed E-state index contributed by atoms with van der Waals surface area (Å²) in [6.45, 7) is 2.50. The third-order valence-electron chi connectivity index (χ3n) is 9.34. The van der Waals surface area contributed by atoms with Gasteiger partial charge in [-0.15, -0.1) is 0 Å². The van der Waals surface area contributed by atoms with Gasteiger partial charge < -0.3 is 20.1 Å². The first-order valence-electron chi connectivity index (χ1n) is 15.9. The highest BCUT2D eigenvalue weighted by Gasteiger charge is 2.81. The smallest absolute Gasteiger partial charge is 0.460 e. The number of alkyl halides is 9. The molecule has 0 aromatic heterocycles. The lowest BCUT2D eigenvalue weighted by atomic mass is 9.66. The number of unbranched alkanes of at least 4 members (excludes halogenated alkanes) is 6. The van der Waals surface area contributed by atoms with E-state index < -0.39 is 55.1 Å². The number of halogens is 9. The van der Waals surface area contributed by atoms with Gasteiger partial charge >= 0.3 is 29.9 Å². The Morgan fingerprint density at radius 1 is 0.792 bits per heavy atom. The predicted molar refractivity (Wildman–Crippen MR) is 159 cm³/mol. The maximum atomic E-state index is 13.8. The number of carboxylic acid groups (broad SMARTS) is 1. The molecule has 3 atom stereocenters. The fraction of sp³-hybridized carbons (Fsp3) is 0.618. The number of carboxylic acids is 1. The van der Waals surface area contributed by atoms with Gasteiger partial charge in [0.15, 0.2) is 0 Å². The summed E-state index contributed by atoms with van der Waals surface area (Å²) in [6.07, 6.45) is -4.37. The molecule has 0 saturated heterocycles. The molecule has 0 aliphatic carbocycles. The molecule has 1 aliphatic heterocycles. The summed E-state index contributed by atoms with van der Waals surface area (Å²) < 4.78 is 123. The molecule has 3 unspecified atom stereocenters. The number of hydrogen-bond donors (Lipinski definition) is 3. The van der Waals surface area contributed by atoms with Gasteiger partial charge in [-0.3, -0.25) is 4.79 Å². The Balaban J connectivity index is 1.42. The molecule has 3 rings (SSSR count). The number of phenols is 2. The lowest BCUT2D eigenvalue weighted by molar-refractivity contribution is -0.396. The van der Waals surface area contributed by atoms with Crippen LogP contribution in [0.1, 0.15) is 101 Å². The van der Waals surface area contributed by atoms with Crippen molar-refractivity contribution in [2.45, 2.75) is 119 Å². The summed E-state index contributed by atoms with van der Waals surface area (Å²) in [5.74, 6) is -21.0. The molecule has 1 aliphatic rings. The number of benzene rings is 2. The van der Waals surface area contributed by atoms with Crippen molar-refractivity contribution in [3.8, 4) is 17.2 Å². The molecule has 270 valence electrons. The zero-order valence-electron chi connectivity index (χ0n) is 26.4. The lowest BCUT2D eigenvalue weighted by Gasteiger charge is -2.43. The van der Waals surface area contributed by atoms with Crippen molar-refractivity contribution in [2.24, 2.45) is 5.92 Å². The highest BCUT2D eigenvalue weighted by Crippen LogP contribution is 2.54. The van der Waals surface area contributed by atoms with Crippen molar-refractivity contribution in [1.82, 2.24) is 0 Å². The molecular formula is C34H41F9O5. The van der Waals surface area contributed by atoms with Gasteiger partial charge in [-0.2, -0.15) is 39.5 Å². The van der Waals surface area contributed by atoms with Crippen LogP contribution in [0.4, 0.5) is 39.5 Å². The van der Waals surface area contributed by atoms with Gasteiger partial charge in [-0.05, 0) is 55.0 Å². The van der Waals surface area contributed by atoms with Gasteiger partial charge in [-0.1, -0.05) is 70.1 Å². The van der Waals surface area contributed by atoms with Gasteiger partial charge in [0.25, 0.3) is 0 Å². The Morgan fingerprint density at radius 2 is 1.33 bits per heavy atom. The fourth-order valence-electron chi connectivity index (χ4n) is 6.36.